The van der Waals surface area contributed by atoms with E-state index in [1.807, 2.05) is 0 Å². The van der Waals surface area contributed by atoms with Gasteiger partial charge in [-0.15, -0.1) is 0 Å². The normalized spacial score (nSPS) is 39.2. The van der Waals surface area contributed by atoms with Crippen LogP contribution in [0.2, 0.25) is 0 Å². The van der Waals surface area contributed by atoms with E-state index in [2.05, 4.69) is 11.8 Å². The zero-order chi connectivity index (χ0) is 10.7. The summed E-state index contributed by atoms with van der Waals surface area (Å²) in [5.74, 6) is 0. The van der Waals surface area contributed by atoms with Crippen molar-refractivity contribution in [3.8, 4) is 0 Å². The van der Waals surface area contributed by atoms with Gasteiger partial charge in [0.25, 0.3) is 0 Å². The van der Waals surface area contributed by atoms with Gasteiger partial charge in [0.05, 0.1) is 0 Å². The topological polar surface area (TPSA) is 29.3 Å². The Morgan fingerprint density at radius 1 is 1.13 bits per heavy atom. The predicted octanol–water partition coefficient (Wildman–Crippen LogP) is 2.52. The third kappa shape index (κ3) is 2.73. The van der Waals surface area contributed by atoms with Gasteiger partial charge in [0.1, 0.15) is 0 Å². The van der Waals surface area contributed by atoms with Crippen LogP contribution in [0.25, 0.3) is 0 Å². The zero-order valence-corrected chi connectivity index (χ0v) is 10.1. The number of hydrogen-bond acceptors (Lipinski definition) is 2. The minimum atomic E-state index is 0.475. The van der Waals surface area contributed by atoms with Crippen LogP contribution in [0, 0.1) is 0 Å². The molecule has 15 heavy (non-hydrogen) atoms. The fourth-order valence-electron chi connectivity index (χ4n) is 3.44. The number of likely N-dealkylation sites (tertiary alicyclic amines) is 1. The quantitative estimate of drug-likeness (QED) is 0.759. The van der Waals surface area contributed by atoms with Crippen molar-refractivity contribution in [3.63, 3.8) is 0 Å². The molecular weight excluding hydrogens is 184 g/mol. The van der Waals surface area contributed by atoms with E-state index in [-0.39, 0.29) is 0 Å². The van der Waals surface area contributed by atoms with Crippen molar-refractivity contribution in [1.29, 1.82) is 0 Å². The van der Waals surface area contributed by atoms with Gasteiger partial charge < -0.3 is 5.73 Å². The number of piperidine rings is 1. The Kier molecular flexibility index (Phi) is 4.04. The molecule has 2 rings (SSSR count). The van der Waals surface area contributed by atoms with Gasteiger partial charge >= 0.3 is 0 Å². The molecule has 1 saturated heterocycles. The lowest BCUT2D eigenvalue weighted by atomic mass is 9.87. The van der Waals surface area contributed by atoms with Crippen LogP contribution in [-0.4, -0.2) is 29.6 Å². The van der Waals surface area contributed by atoms with E-state index in [4.69, 9.17) is 5.73 Å². The van der Waals surface area contributed by atoms with Crippen molar-refractivity contribution in [2.45, 2.75) is 76.4 Å². The summed E-state index contributed by atoms with van der Waals surface area (Å²) in [7, 11) is 0. The first kappa shape index (κ1) is 11.4. The van der Waals surface area contributed by atoms with Crippen molar-refractivity contribution >= 4 is 0 Å². The predicted molar refractivity (Wildman–Crippen MR) is 64.9 cm³/mol. The maximum absolute atomic E-state index is 6.09. The number of hydrogen-bond donors (Lipinski definition) is 1. The number of rotatable bonds is 2. The average molecular weight is 210 g/mol. The molecule has 2 heteroatoms. The van der Waals surface area contributed by atoms with Crippen LogP contribution >= 0.6 is 0 Å². The monoisotopic (exact) mass is 210 g/mol. The molecule has 1 heterocycles. The average Bonchev–Trinajstić information content (AvgIpc) is 2.29. The third-order valence-electron chi connectivity index (χ3n) is 4.30. The molecule has 0 radical (unpaired) electrons. The highest BCUT2D eigenvalue weighted by Gasteiger charge is 2.30. The fraction of sp³-hybridized carbons (Fsp3) is 1.00. The molecule has 2 aliphatic rings. The van der Waals surface area contributed by atoms with E-state index in [0.717, 1.165) is 12.1 Å². The standard InChI is InChI=1S/C13H26N2/c1-2-12-7-3-4-9-15(12)13-8-5-6-11(14)10-13/h11-13H,2-10,14H2,1H3. The van der Waals surface area contributed by atoms with E-state index >= 15 is 0 Å². The molecule has 0 spiro atoms. The highest BCUT2D eigenvalue weighted by atomic mass is 15.2. The number of nitrogens with zero attached hydrogens (tertiary/aromatic N) is 1. The van der Waals surface area contributed by atoms with Crippen LogP contribution in [0.5, 0.6) is 0 Å². The van der Waals surface area contributed by atoms with E-state index in [0.29, 0.717) is 6.04 Å². The number of nitrogens with two attached hydrogens (primary N) is 1. The molecule has 3 unspecified atom stereocenters. The summed E-state index contributed by atoms with van der Waals surface area (Å²) in [6, 6.07) is 2.14. The SMILES string of the molecule is CCC1CCCCN1C1CCCC(N)C1. The fourth-order valence-corrected chi connectivity index (χ4v) is 3.44. The maximum Gasteiger partial charge on any atom is 0.0113 e. The van der Waals surface area contributed by atoms with Crippen LogP contribution in [0.1, 0.15) is 58.3 Å². The minimum Gasteiger partial charge on any atom is -0.328 e. The Morgan fingerprint density at radius 2 is 2.00 bits per heavy atom. The van der Waals surface area contributed by atoms with Gasteiger partial charge in [0, 0.05) is 18.1 Å². The summed E-state index contributed by atoms with van der Waals surface area (Å²) in [6.07, 6.45) is 10.8. The molecule has 1 saturated carbocycles. The molecule has 1 aliphatic carbocycles. The molecule has 0 amide bonds. The smallest absolute Gasteiger partial charge is 0.0113 e. The minimum absolute atomic E-state index is 0.475. The molecule has 88 valence electrons. The molecular formula is C13H26N2. The second-order valence-corrected chi connectivity index (χ2v) is 5.38. The lowest BCUT2D eigenvalue weighted by Crippen LogP contribution is -2.49. The molecule has 0 aromatic heterocycles. The molecule has 2 fully saturated rings. The summed E-state index contributed by atoms with van der Waals surface area (Å²) in [4.78, 5) is 2.78. The lowest BCUT2D eigenvalue weighted by molar-refractivity contribution is 0.0660. The van der Waals surface area contributed by atoms with Crippen molar-refractivity contribution in [2.24, 2.45) is 5.73 Å². The van der Waals surface area contributed by atoms with Gasteiger partial charge in [-0.3, -0.25) is 4.90 Å². The van der Waals surface area contributed by atoms with Crippen LogP contribution < -0.4 is 5.73 Å². The Morgan fingerprint density at radius 3 is 2.73 bits per heavy atom. The molecule has 2 nitrogen and oxygen atoms in total. The molecule has 0 aromatic rings. The van der Waals surface area contributed by atoms with Gasteiger partial charge in [-0.1, -0.05) is 19.8 Å². The van der Waals surface area contributed by atoms with Crippen molar-refractivity contribution in [3.05, 3.63) is 0 Å². The maximum atomic E-state index is 6.09. The van der Waals surface area contributed by atoms with Gasteiger partial charge in [0.2, 0.25) is 0 Å². The summed E-state index contributed by atoms with van der Waals surface area (Å²) in [5, 5.41) is 0. The molecule has 1 aliphatic heterocycles. The Labute approximate surface area is 94.2 Å². The first-order valence-electron chi connectivity index (χ1n) is 6.82. The van der Waals surface area contributed by atoms with E-state index < -0.39 is 0 Å². The highest BCUT2D eigenvalue weighted by Crippen LogP contribution is 2.29. The van der Waals surface area contributed by atoms with Crippen LogP contribution in [0.15, 0.2) is 0 Å². The van der Waals surface area contributed by atoms with Gasteiger partial charge in [-0.05, 0) is 45.1 Å². The van der Waals surface area contributed by atoms with Gasteiger partial charge in [0.15, 0.2) is 0 Å². The van der Waals surface area contributed by atoms with E-state index in [1.165, 1.54) is 57.9 Å². The van der Waals surface area contributed by atoms with Crippen molar-refractivity contribution in [1.82, 2.24) is 4.90 Å². The molecule has 0 aromatic carbocycles. The Balaban J connectivity index is 1.94. The summed E-state index contributed by atoms with van der Waals surface area (Å²) >= 11 is 0. The Bertz CT molecular complexity index is 193. The van der Waals surface area contributed by atoms with E-state index in [1.54, 1.807) is 0 Å². The summed E-state index contributed by atoms with van der Waals surface area (Å²) in [6.45, 7) is 3.67. The summed E-state index contributed by atoms with van der Waals surface area (Å²) < 4.78 is 0. The first-order valence-corrected chi connectivity index (χ1v) is 6.82. The van der Waals surface area contributed by atoms with Gasteiger partial charge in [-0.25, -0.2) is 0 Å². The summed E-state index contributed by atoms with van der Waals surface area (Å²) in [5.41, 5.74) is 6.09. The molecule has 2 N–H and O–H groups in total. The van der Waals surface area contributed by atoms with Crippen molar-refractivity contribution in [2.75, 3.05) is 6.54 Å². The first-order chi connectivity index (χ1) is 7.31. The second kappa shape index (κ2) is 5.31. The molecule has 3 atom stereocenters. The molecule has 0 bridgehead atoms. The van der Waals surface area contributed by atoms with Crippen LogP contribution in [0.4, 0.5) is 0 Å². The largest absolute Gasteiger partial charge is 0.328 e. The van der Waals surface area contributed by atoms with Gasteiger partial charge in [-0.2, -0.15) is 0 Å². The van der Waals surface area contributed by atoms with Crippen LogP contribution in [0.3, 0.4) is 0 Å². The van der Waals surface area contributed by atoms with Crippen molar-refractivity contribution < 1.29 is 0 Å². The van der Waals surface area contributed by atoms with Crippen LogP contribution in [-0.2, 0) is 0 Å². The Hall–Kier alpha value is -0.0800. The highest BCUT2D eigenvalue weighted by molar-refractivity contribution is 4.87. The third-order valence-corrected chi connectivity index (χ3v) is 4.30. The lowest BCUT2D eigenvalue weighted by Gasteiger charge is -2.43. The zero-order valence-electron chi connectivity index (χ0n) is 10.1. The second-order valence-electron chi connectivity index (χ2n) is 5.38. The van der Waals surface area contributed by atoms with E-state index in [9.17, 15) is 0 Å².